The fourth-order valence-electron chi connectivity index (χ4n) is 2.23. The van der Waals surface area contributed by atoms with E-state index in [0.29, 0.717) is 11.6 Å². The van der Waals surface area contributed by atoms with Gasteiger partial charge in [-0.3, -0.25) is 9.36 Å². The smallest absolute Gasteiger partial charge is 0.258 e. The number of amides is 1. The first-order valence-corrected chi connectivity index (χ1v) is 7.74. The first-order valence-electron chi connectivity index (χ1n) is 7.74. The Kier molecular flexibility index (Phi) is 5.26. The lowest BCUT2D eigenvalue weighted by Gasteiger charge is -2.09. The second kappa shape index (κ2) is 7.96. The lowest BCUT2D eigenvalue weighted by molar-refractivity contribution is -0.123. The summed E-state index contributed by atoms with van der Waals surface area (Å²) in [7, 11) is 1.59. The van der Waals surface area contributed by atoms with Crippen LogP contribution in [0.4, 0.5) is 0 Å². The molecule has 7 nitrogen and oxygen atoms in total. The standard InChI is InChI=1S/C18H18N4O3/c1-24-15-7-9-16(10-8-15)25-12-18(23)19-11-17-21-20-13-22(17)14-5-3-2-4-6-14/h2-10,13H,11-12H2,1H3,(H,19,23). The quantitative estimate of drug-likeness (QED) is 0.713. The molecule has 1 heterocycles. The first kappa shape index (κ1) is 16.5. The monoisotopic (exact) mass is 338 g/mol. The number of hydrogen-bond acceptors (Lipinski definition) is 5. The van der Waals surface area contributed by atoms with Crippen molar-refractivity contribution in [1.82, 2.24) is 20.1 Å². The molecule has 0 atom stereocenters. The Morgan fingerprint density at radius 2 is 1.80 bits per heavy atom. The van der Waals surface area contributed by atoms with Crippen molar-refractivity contribution in [1.29, 1.82) is 0 Å². The molecule has 0 bridgehead atoms. The number of carbonyl (C=O) groups is 1. The molecule has 128 valence electrons. The van der Waals surface area contributed by atoms with Crippen LogP contribution in [-0.4, -0.2) is 34.4 Å². The van der Waals surface area contributed by atoms with Crippen molar-refractivity contribution in [3.63, 3.8) is 0 Å². The molecule has 7 heteroatoms. The van der Waals surface area contributed by atoms with Crippen LogP contribution in [0.15, 0.2) is 60.9 Å². The van der Waals surface area contributed by atoms with Crippen molar-refractivity contribution in [2.24, 2.45) is 0 Å². The van der Waals surface area contributed by atoms with Crippen LogP contribution in [0.5, 0.6) is 11.5 Å². The highest BCUT2D eigenvalue weighted by atomic mass is 16.5. The summed E-state index contributed by atoms with van der Waals surface area (Å²) in [6, 6.07) is 16.7. The van der Waals surface area contributed by atoms with Crippen LogP contribution >= 0.6 is 0 Å². The van der Waals surface area contributed by atoms with E-state index in [4.69, 9.17) is 9.47 Å². The molecule has 1 N–H and O–H groups in total. The fourth-order valence-corrected chi connectivity index (χ4v) is 2.23. The number of methoxy groups -OCH3 is 1. The highest BCUT2D eigenvalue weighted by Crippen LogP contribution is 2.16. The van der Waals surface area contributed by atoms with E-state index < -0.39 is 0 Å². The summed E-state index contributed by atoms with van der Waals surface area (Å²) in [5.74, 6) is 1.74. The van der Waals surface area contributed by atoms with Gasteiger partial charge in [-0.1, -0.05) is 18.2 Å². The van der Waals surface area contributed by atoms with E-state index in [-0.39, 0.29) is 19.1 Å². The van der Waals surface area contributed by atoms with Gasteiger partial charge in [-0.25, -0.2) is 0 Å². The van der Waals surface area contributed by atoms with Crippen molar-refractivity contribution < 1.29 is 14.3 Å². The first-order chi connectivity index (χ1) is 12.3. The summed E-state index contributed by atoms with van der Waals surface area (Å²) in [6.07, 6.45) is 1.62. The molecule has 0 unspecified atom stereocenters. The minimum Gasteiger partial charge on any atom is -0.497 e. The maximum atomic E-state index is 12.0. The SMILES string of the molecule is COc1ccc(OCC(=O)NCc2nncn2-c2ccccc2)cc1. The van der Waals surface area contributed by atoms with E-state index in [9.17, 15) is 4.79 Å². The molecule has 0 aliphatic carbocycles. The summed E-state index contributed by atoms with van der Waals surface area (Å²) in [4.78, 5) is 12.0. The van der Waals surface area contributed by atoms with E-state index in [1.807, 2.05) is 34.9 Å². The van der Waals surface area contributed by atoms with E-state index in [0.717, 1.165) is 11.4 Å². The van der Waals surface area contributed by atoms with Crippen molar-refractivity contribution in [3.8, 4) is 17.2 Å². The van der Waals surface area contributed by atoms with E-state index in [2.05, 4.69) is 15.5 Å². The third kappa shape index (κ3) is 4.35. The van der Waals surface area contributed by atoms with Crippen LogP contribution < -0.4 is 14.8 Å². The second-order valence-corrected chi connectivity index (χ2v) is 5.19. The number of carbonyl (C=O) groups excluding carboxylic acids is 1. The molecular formula is C18H18N4O3. The van der Waals surface area contributed by atoms with Crippen LogP contribution in [0.1, 0.15) is 5.82 Å². The van der Waals surface area contributed by atoms with Crippen LogP contribution in [0.25, 0.3) is 5.69 Å². The van der Waals surface area contributed by atoms with Gasteiger partial charge in [0.15, 0.2) is 12.4 Å². The predicted molar refractivity (Wildman–Crippen MR) is 91.7 cm³/mol. The summed E-state index contributed by atoms with van der Waals surface area (Å²) in [5.41, 5.74) is 0.936. The number of hydrogen-bond donors (Lipinski definition) is 1. The molecule has 0 aliphatic heterocycles. The highest BCUT2D eigenvalue weighted by Gasteiger charge is 2.09. The molecule has 0 saturated carbocycles. The van der Waals surface area contributed by atoms with Gasteiger partial charge in [0.2, 0.25) is 0 Å². The normalized spacial score (nSPS) is 10.3. The van der Waals surface area contributed by atoms with Crippen molar-refractivity contribution in [2.75, 3.05) is 13.7 Å². The Hall–Kier alpha value is -3.35. The summed E-state index contributed by atoms with van der Waals surface area (Å²) < 4.78 is 12.3. The number of para-hydroxylation sites is 1. The van der Waals surface area contributed by atoms with E-state index in [1.54, 1.807) is 37.7 Å². The number of aromatic nitrogens is 3. The van der Waals surface area contributed by atoms with E-state index >= 15 is 0 Å². The maximum absolute atomic E-state index is 12.0. The number of ether oxygens (including phenoxy) is 2. The lowest BCUT2D eigenvalue weighted by Crippen LogP contribution is -2.29. The molecule has 0 aliphatic rings. The third-order valence-electron chi connectivity index (χ3n) is 3.53. The number of nitrogens with zero attached hydrogens (tertiary/aromatic N) is 3. The Balaban J connectivity index is 1.52. The molecular weight excluding hydrogens is 320 g/mol. The predicted octanol–water partition coefficient (Wildman–Crippen LogP) is 1.97. The summed E-state index contributed by atoms with van der Waals surface area (Å²) >= 11 is 0. The number of benzene rings is 2. The molecule has 3 rings (SSSR count). The third-order valence-corrected chi connectivity index (χ3v) is 3.53. The van der Waals surface area contributed by atoms with Crippen LogP contribution in [0.3, 0.4) is 0 Å². The van der Waals surface area contributed by atoms with E-state index in [1.165, 1.54) is 0 Å². The lowest BCUT2D eigenvalue weighted by atomic mass is 10.3. The average molecular weight is 338 g/mol. The summed E-state index contributed by atoms with van der Waals surface area (Å²) in [6.45, 7) is 0.186. The van der Waals surface area contributed by atoms with Gasteiger partial charge in [-0.05, 0) is 36.4 Å². The molecule has 1 amide bonds. The minimum absolute atomic E-state index is 0.0776. The fraction of sp³-hybridized carbons (Fsp3) is 0.167. The molecule has 25 heavy (non-hydrogen) atoms. The largest absolute Gasteiger partial charge is 0.497 e. The van der Waals surface area contributed by atoms with Crippen LogP contribution in [0.2, 0.25) is 0 Å². The highest BCUT2D eigenvalue weighted by molar-refractivity contribution is 5.77. The molecule has 0 radical (unpaired) electrons. The average Bonchev–Trinajstić information content (AvgIpc) is 3.14. The summed E-state index contributed by atoms with van der Waals surface area (Å²) in [5, 5.41) is 10.7. The number of nitrogens with one attached hydrogen (secondary N) is 1. The van der Waals surface area contributed by atoms with Gasteiger partial charge in [0.25, 0.3) is 5.91 Å². The van der Waals surface area contributed by atoms with Gasteiger partial charge in [-0.2, -0.15) is 0 Å². The zero-order chi connectivity index (χ0) is 17.5. The molecule has 0 fully saturated rings. The van der Waals surface area contributed by atoms with Crippen molar-refractivity contribution in [3.05, 3.63) is 66.7 Å². The topological polar surface area (TPSA) is 78.3 Å². The Morgan fingerprint density at radius 3 is 2.52 bits per heavy atom. The molecule has 0 spiro atoms. The number of rotatable bonds is 7. The minimum atomic E-state index is -0.238. The maximum Gasteiger partial charge on any atom is 0.258 e. The Bertz CT molecular complexity index is 816. The van der Waals surface area contributed by atoms with Crippen molar-refractivity contribution in [2.45, 2.75) is 6.54 Å². The molecule has 3 aromatic rings. The Morgan fingerprint density at radius 1 is 1.08 bits per heavy atom. The van der Waals surface area contributed by atoms with Crippen LogP contribution in [0, 0.1) is 0 Å². The van der Waals surface area contributed by atoms with Gasteiger partial charge in [0.05, 0.1) is 13.7 Å². The van der Waals surface area contributed by atoms with Gasteiger partial charge in [-0.15, -0.1) is 10.2 Å². The zero-order valence-electron chi connectivity index (χ0n) is 13.8. The van der Waals surface area contributed by atoms with Gasteiger partial charge < -0.3 is 14.8 Å². The van der Waals surface area contributed by atoms with Gasteiger partial charge >= 0.3 is 0 Å². The van der Waals surface area contributed by atoms with Crippen LogP contribution in [-0.2, 0) is 11.3 Å². The van der Waals surface area contributed by atoms with Crippen molar-refractivity contribution >= 4 is 5.91 Å². The second-order valence-electron chi connectivity index (χ2n) is 5.19. The molecule has 0 saturated heterocycles. The van der Waals surface area contributed by atoms with Gasteiger partial charge in [0, 0.05) is 5.69 Å². The zero-order valence-corrected chi connectivity index (χ0v) is 13.8. The molecule has 1 aromatic heterocycles. The molecule has 2 aromatic carbocycles. The van der Waals surface area contributed by atoms with Gasteiger partial charge in [0.1, 0.15) is 17.8 Å². The Labute approximate surface area is 145 Å².